The molecule has 3 aromatic rings. The van der Waals surface area contributed by atoms with Gasteiger partial charge in [-0.2, -0.15) is 0 Å². The number of aromatic nitrogens is 1. The minimum absolute atomic E-state index is 0.0852. The number of rotatable bonds is 3. The number of piperidine rings is 1. The lowest BCUT2D eigenvalue weighted by Gasteiger charge is -2.36. The van der Waals surface area contributed by atoms with Gasteiger partial charge in [0.25, 0.3) is 5.91 Å². The Morgan fingerprint density at radius 1 is 0.893 bits per heavy atom. The molecule has 0 saturated carbocycles. The summed E-state index contributed by atoms with van der Waals surface area (Å²) in [6, 6.07) is 22.8. The van der Waals surface area contributed by atoms with Crippen LogP contribution in [0.5, 0.6) is 0 Å². The quantitative estimate of drug-likeness (QED) is 0.699. The number of carbonyl (C=O) groups is 1. The van der Waals surface area contributed by atoms with Gasteiger partial charge in [-0.1, -0.05) is 54.6 Å². The second-order valence-corrected chi connectivity index (χ2v) is 8.12. The lowest BCUT2D eigenvalue weighted by molar-refractivity contribution is 0.0579. The Labute approximate surface area is 165 Å². The molecule has 2 aromatic carbocycles. The number of amides is 1. The molecule has 4 heterocycles. The highest BCUT2D eigenvalue weighted by Gasteiger charge is 2.37. The Morgan fingerprint density at radius 2 is 1.71 bits per heavy atom. The first-order valence-electron chi connectivity index (χ1n) is 10.2. The molecule has 6 rings (SSSR count). The molecule has 0 N–H and O–H groups in total. The van der Waals surface area contributed by atoms with Gasteiger partial charge >= 0.3 is 0 Å². The highest BCUT2D eigenvalue weighted by Crippen LogP contribution is 2.30. The van der Waals surface area contributed by atoms with Gasteiger partial charge in [0, 0.05) is 37.6 Å². The third-order valence-electron chi connectivity index (χ3n) is 6.12. The molecule has 3 aliphatic rings. The average Bonchev–Trinajstić information content (AvgIpc) is 3.04. The number of hydrogen-bond acceptors (Lipinski definition) is 3. The largest absolute Gasteiger partial charge is 0.333 e. The summed E-state index contributed by atoms with van der Waals surface area (Å²) in [4.78, 5) is 22.6. The van der Waals surface area contributed by atoms with Crippen molar-refractivity contribution in [3.8, 4) is 0 Å². The topological polar surface area (TPSA) is 36.4 Å². The lowest BCUT2D eigenvalue weighted by atomic mass is 9.94. The van der Waals surface area contributed by atoms with Crippen molar-refractivity contribution in [3.63, 3.8) is 0 Å². The van der Waals surface area contributed by atoms with Gasteiger partial charge < -0.3 is 4.90 Å². The Bertz CT molecular complexity index is 987. The van der Waals surface area contributed by atoms with Crippen molar-refractivity contribution in [3.05, 3.63) is 78.0 Å². The van der Waals surface area contributed by atoms with Crippen LogP contribution in [0, 0.1) is 5.92 Å². The van der Waals surface area contributed by atoms with Crippen LogP contribution in [0.2, 0.25) is 0 Å². The summed E-state index contributed by atoms with van der Waals surface area (Å²) in [7, 11) is 0. The van der Waals surface area contributed by atoms with E-state index in [1.54, 1.807) is 0 Å². The van der Waals surface area contributed by atoms with Crippen LogP contribution in [0.4, 0.5) is 0 Å². The summed E-state index contributed by atoms with van der Waals surface area (Å²) in [6.45, 7) is 3.83. The van der Waals surface area contributed by atoms with Crippen LogP contribution in [-0.4, -0.2) is 46.4 Å². The van der Waals surface area contributed by atoms with Crippen LogP contribution in [0.25, 0.3) is 10.9 Å². The average molecular weight is 371 g/mol. The molecule has 0 radical (unpaired) electrons. The van der Waals surface area contributed by atoms with Crippen LogP contribution < -0.4 is 0 Å². The fraction of sp³-hybridized carbons (Fsp3) is 0.333. The summed E-state index contributed by atoms with van der Waals surface area (Å²) in [5.41, 5.74) is 2.80. The molecule has 3 fully saturated rings. The zero-order chi connectivity index (χ0) is 18.9. The van der Waals surface area contributed by atoms with E-state index in [4.69, 9.17) is 0 Å². The zero-order valence-corrected chi connectivity index (χ0v) is 16.0. The fourth-order valence-corrected chi connectivity index (χ4v) is 4.73. The van der Waals surface area contributed by atoms with Crippen molar-refractivity contribution in [1.82, 2.24) is 14.8 Å². The van der Waals surface area contributed by atoms with Crippen LogP contribution >= 0.6 is 0 Å². The summed E-state index contributed by atoms with van der Waals surface area (Å²) in [6.07, 6.45) is 2.31. The maximum Gasteiger partial charge on any atom is 0.272 e. The molecule has 2 atom stereocenters. The maximum absolute atomic E-state index is 13.3. The second kappa shape index (κ2) is 7.36. The molecule has 0 aliphatic carbocycles. The maximum atomic E-state index is 13.3. The number of carbonyl (C=O) groups excluding carboxylic acids is 1. The van der Waals surface area contributed by atoms with E-state index in [1.807, 2.05) is 36.4 Å². The predicted molar refractivity (Wildman–Crippen MR) is 111 cm³/mol. The molecule has 3 saturated heterocycles. The van der Waals surface area contributed by atoms with Crippen LogP contribution in [-0.2, 0) is 6.54 Å². The summed E-state index contributed by atoms with van der Waals surface area (Å²) in [5, 5.41) is 1.07. The van der Waals surface area contributed by atoms with Gasteiger partial charge in [-0.3, -0.25) is 9.69 Å². The van der Waals surface area contributed by atoms with Crippen molar-refractivity contribution in [2.24, 2.45) is 5.92 Å². The SMILES string of the molecule is O=C(c1ccc2ccccc2n1)N1C[C@H]2CC[C@@H]1CN(Cc1ccccc1)C2. The van der Waals surface area contributed by atoms with Gasteiger partial charge in [0.1, 0.15) is 5.69 Å². The minimum atomic E-state index is 0.0852. The Kier molecular flexibility index (Phi) is 4.57. The highest BCUT2D eigenvalue weighted by molar-refractivity contribution is 5.95. The standard InChI is InChI=1S/C24H25N3O/c28-24(23-13-11-20-8-4-5-9-22(20)25-23)27-16-19-10-12-21(27)17-26(15-19)14-18-6-2-1-3-7-18/h1-9,11,13,19,21H,10,12,14-17H2/t19-,21+/m0/s1. The van der Waals surface area contributed by atoms with Crippen molar-refractivity contribution in [1.29, 1.82) is 0 Å². The molecule has 142 valence electrons. The third kappa shape index (κ3) is 3.40. The smallest absolute Gasteiger partial charge is 0.272 e. The lowest BCUT2D eigenvalue weighted by Crippen LogP contribution is -2.47. The number of nitrogens with zero attached hydrogens (tertiary/aromatic N) is 3. The number of benzene rings is 2. The van der Waals surface area contributed by atoms with E-state index in [-0.39, 0.29) is 11.9 Å². The van der Waals surface area contributed by atoms with E-state index < -0.39 is 0 Å². The van der Waals surface area contributed by atoms with E-state index in [1.165, 1.54) is 12.0 Å². The normalized spacial score (nSPS) is 22.4. The minimum Gasteiger partial charge on any atom is -0.333 e. The third-order valence-corrected chi connectivity index (χ3v) is 6.12. The molecular weight excluding hydrogens is 346 g/mol. The first-order valence-corrected chi connectivity index (χ1v) is 10.2. The second-order valence-electron chi connectivity index (χ2n) is 8.12. The van der Waals surface area contributed by atoms with Crippen LogP contribution in [0.3, 0.4) is 0 Å². The first-order chi connectivity index (χ1) is 13.8. The van der Waals surface area contributed by atoms with E-state index in [0.717, 1.165) is 43.5 Å². The Morgan fingerprint density at radius 3 is 2.61 bits per heavy atom. The van der Waals surface area contributed by atoms with E-state index in [0.29, 0.717) is 11.6 Å². The van der Waals surface area contributed by atoms with E-state index in [9.17, 15) is 4.79 Å². The Hall–Kier alpha value is -2.72. The van der Waals surface area contributed by atoms with Gasteiger partial charge in [-0.25, -0.2) is 4.98 Å². The zero-order valence-electron chi connectivity index (χ0n) is 16.0. The molecule has 4 heteroatoms. The van der Waals surface area contributed by atoms with Crippen LogP contribution in [0.15, 0.2) is 66.7 Å². The molecular formula is C24H25N3O. The molecule has 0 unspecified atom stereocenters. The van der Waals surface area contributed by atoms with Crippen molar-refractivity contribution in [2.45, 2.75) is 25.4 Å². The van der Waals surface area contributed by atoms with Gasteiger partial charge in [0.05, 0.1) is 5.52 Å². The molecule has 1 amide bonds. The summed E-state index contributed by atoms with van der Waals surface area (Å²) < 4.78 is 0. The molecule has 28 heavy (non-hydrogen) atoms. The van der Waals surface area contributed by atoms with Gasteiger partial charge in [0.15, 0.2) is 0 Å². The summed E-state index contributed by atoms with van der Waals surface area (Å²) >= 11 is 0. The number of fused-ring (bicyclic) bond motifs is 5. The van der Waals surface area contributed by atoms with Crippen molar-refractivity contribution < 1.29 is 4.79 Å². The van der Waals surface area contributed by atoms with Gasteiger partial charge in [0.2, 0.25) is 0 Å². The highest BCUT2D eigenvalue weighted by atomic mass is 16.2. The number of para-hydroxylation sites is 1. The Balaban J connectivity index is 1.36. The van der Waals surface area contributed by atoms with Crippen molar-refractivity contribution in [2.75, 3.05) is 19.6 Å². The van der Waals surface area contributed by atoms with Crippen molar-refractivity contribution >= 4 is 16.8 Å². The first kappa shape index (κ1) is 17.4. The fourth-order valence-electron chi connectivity index (χ4n) is 4.73. The van der Waals surface area contributed by atoms with Gasteiger partial charge in [-0.15, -0.1) is 0 Å². The molecule has 3 aliphatic heterocycles. The predicted octanol–water partition coefficient (Wildman–Crippen LogP) is 3.97. The van der Waals surface area contributed by atoms with Gasteiger partial charge in [-0.05, 0) is 36.5 Å². The number of pyridine rings is 1. The molecule has 1 aromatic heterocycles. The molecule has 0 spiro atoms. The molecule has 4 nitrogen and oxygen atoms in total. The molecule has 2 bridgehead atoms. The summed E-state index contributed by atoms with van der Waals surface area (Å²) in [5.74, 6) is 0.633. The van der Waals surface area contributed by atoms with E-state index >= 15 is 0 Å². The monoisotopic (exact) mass is 371 g/mol. The van der Waals surface area contributed by atoms with E-state index in [2.05, 4.69) is 45.1 Å². The number of hydrogen-bond donors (Lipinski definition) is 0. The van der Waals surface area contributed by atoms with Crippen LogP contribution in [0.1, 0.15) is 28.9 Å².